The van der Waals surface area contributed by atoms with E-state index >= 15 is 0 Å². The molecule has 3 N–H and O–H groups in total. The van der Waals surface area contributed by atoms with Crippen LogP contribution in [0.2, 0.25) is 0 Å². The summed E-state index contributed by atoms with van der Waals surface area (Å²) < 4.78 is 5.12. The van der Waals surface area contributed by atoms with Crippen molar-refractivity contribution in [2.45, 2.75) is 45.6 Å². The highest BCUT2D eigenvalue weighted by molar-refractivity contribution is 14.0. The van der Waals surface area contributed by atoms with Crippen LogP contribution in [0.5, 0.6) is 5.75 Å². The van der Waals surface area contributed by atoms with E-state index in [1.807, 2.05) is 0 Å². The lowest BCUT2D eigenvalue weighted by atomic mass is 9.99. The fourth-order valence-corrected chi connectivity index (χ4v) is 3.41. The van der Waals surface area contributed by atoms with Crippen molar-refractivity contribution >= 4 is 35.8 Å². The molecule has 8 heteroatoms. The lowest BCUT2D eigenvalue weighted by molar-refractivity contribution is 0.0954. The monoisotopic (exact) mass is 531 g/mol. The minimum atomic E-state index is -0.0948. The number of piperidine rings is 1. The van der Waals surface area contributed by atoms with Crippen LogP contribution in [0.15, 0.2) is 29.3 Å². The SMILES string of the molecule is CCNC(=NCC(C)(C)N1CCCCC1)NCCNC(=O)c1ccc(OC)cc1.I. The predicted octanol–water partition coefficient (Wildman–Crippen LogP) is 2.86. The number of amides is 1. The second-order valence-corrected chi connectivity index (χ2v) is 7.97. The van der Waals surface area contributed by atoms with E-state index in [1.54, 1.807) is 31.4 Å². The molecular weight excluding hydrogens is 493 g/mol. The van der Waals surface area contributed by atoms with Crippen molar-refractivity contribution in [3.05, 3.63) is 29.8 Å². The van der Waals surface area contributed by atoms with Gasteiger partial charge in [0.05, 0.1) is 13.7 Å². The topological polar surface area (TPSA) is 78.0 Å². The highest BCUT2D eigenvalue weighted by Gasteiger charge is 2.27. The number of methoxy groups -OCH3 is 1. The van der Waals surface area contributed by atoms with Gasteiger partial charge in [0, 0.05) is 30.7 Å². The van der Waals surface area contributed by atoms with Gasteiger partial charge in [-0.25, -0.2) is 0 Å². The molecule has 30 heavy (non-hydrogen) atoms. The van der Waals surface area contributed by atoms with Crippen LogP contribution in [-0.4, -0.2) is 68.7 Å². The highest BCUT2D eigenvalue weighted by atomic mass is 127. The van der Waals surface area contributed by atoms with E-state index in [9.17, 15) is 4.79 Å². The van der Waals surface area contributed by atoms with Crippen molar-refractivity contribution in [3.63, 3.8) is 0 Å². The quantitative estimate of drug-likeness (QED) is 0.198. The number of guanidine groups is 1. The number of rotatable bonds is 9. The average molecular weight is 531 g/mol. The molecule has 0 atom stereocenters. The van der Waals surface area contributed by atoms with Gasteiger partial charge in [-0.2, -0.15) is 0 Å². The Bertz CT molecular complexity index is 658. The molecule has 0 unspecified atom stereocenters. The Labute approximate surface area is 198 Å². The maximum Gasteiger partial charge on any atom is 0.251 e. The maximum absolute atomic E-state index is 12.2. The van der Waals surface area contributed by atoms with Gasteiger partial charge in [0.25, 0.3) is 5.91 Å². The molecule has 1 aromatic carbocycles. The summed E-state index contributed by atoms with van der Waals surface area (Å²) in [6.45, 7) is 11.6. The van der Waals surface area contributed by atoms with Gasteiger partial charge >= 0.3 is 0 Å². The Morgan fingerprint density at radius 3 is 2.30 bits per heavy atom. The van der Waals surface area contributed by atoms with E-state index in [1.165, 1.54) is 19.3 Å². The summed E-state index contributed by atoms with van der Waals surface area (Å²) in [6.07, 6.45) is 3.89. The summed E-state index contributed by atoms with van der Waals surface area (Å²) in [5.41, 5.74) is 0.667. The molecule has 0 spiro atoms. The van der Waals surface area contributed by atoms with Gasteiger partial charge in [0.2, 0.25) is 0 Å². The smallest absolute Gasteiger partial charge is 0.251 e. The maximum atomic E-state index is 12.2. The number of nitrogens with zero attached hydrogens (tertiary/aromatic N) is 2. The van der Waals surface area contributed by atoms with E-state index in [-0.39, 0.29) is 35.4 Å². The lowest BCUT2D eigenvalue weighted by Crippen LogP contribution is -2.50. The average Bonchev–Trinajstić information content (AvgIpc) is 2.75. The Morgan fingerprint density at radius 2 is 1.70 bits per heavy atom. The number of carbonyl (C=O) groups excluding carboxylic acids is 1. The minimum absolute atomic E-state index is 0. The van der Waals surface area contributed by atoms with Gasteiger partial charge in [-0.05, 0) is 71.0 Å². The molecule has 0 aliphatic carbocycles. The molecule has 1 fully saturated rings. The van der Waals surface area contributed by atoms with Gasteiger partial charge in [0.15, 0.2) is 5.96 Å². The molecule has 1 aliphatic rings. The molecular formula is C22H38IN5O2. The number of ether oxygens (including phenoxy) is 1. The number of carbonyl (C=O) groups is 1. The summed E-state index contributed by atoms with van der Waals surface area (Å²) in [4.78, 5) is 19.5. The van der Waals surface area contributed by atoms with E-state index in [2.05, 4.69) is 41.6 Å². The van der Waals surface area contributed by atoms with Crippen molar-refractivity contribution in [1.82, 2.24) is 20.9 Å². The second-order valence-electron chi connectivity index (χ2n) is 7.97. The number of aliphatic imine (C=N–C) groups is 1. The van der Waals surface area contributed by atoms with Crippen molar-refractivity contribution in [2.24, 2.45) is 4.99 Å². The van der Waals surface area contributed by atoms with E-state index in [0.29, 0.717) is 18.7 Å². The van der Waals surface area contributed by atoms with Crippen molar-refractivity contribution < 1.29 is 9.53 Å². The molecule has 0 bridgehead atoms. The largest absolute Gasteiger partial charge is 0.497 e. The number of likely N-dealkylation sites (tertiary alicyclic amines) is 1. The number of hydrogen-bond donors (Lipinski definition) is 3. The van der Waals surface area contributed by atoms with Crippen LogP contribution in [0.1, 0.15) is 50.4 Å². The van der Waals surface area contributed by atoms with Gasteiger partial charge in [-0.15, -0.1) is 24.0 Å². The van der Waals surface area contributed by atoms with Crippen LogP contribution in [0.3, 0.4) is 0 Å². The van der Waals surface area contributed by atoms with E-state index in [0.717, 1.165) is 37.9 Å². The Kier molecular flexibility index (Phi) is 12.1. The number of halogens is 1. The molecule has 7 nitrogen and oxygen atoms in total. The number of nitrogens with one attached hydrogen (secondary N) is 3. The van der Waals surface area contributed by atoms with Gasteiger partial charge in [-0.1, -0.05) is 6.42 Å². The summed E-state index contributed by atoms with van der Waals surface area (Å²) >= 11 is 0. The molecule has 0 radical (unpaired) electrons. The zero-order chi connectivity index (χ0) is 21.1. The normalized spacial score (nSPS) is 15.1. The first-order valence-corrected chi connectivity index (χ1v) is 10.7. The standard InChI is InChI=1S/C22H37N5O2.HI/c1-5-23-21(26-17-22(2,3)27-15-7-6-8-16-27)25-14-13-24-20(28)18-9-11-19(29-4)12-10-18;/h9-12H,5-8,13-17H2,1-4H3,(H,24,28)(H2,23,25,26);1H. The Morgan fingerprint density at radius 1 is 1.07 bits per heavy atom. The first-order chi connectivity index (χ1) is 14.0. The van der Waals surface area contributed by atoms with E-state index < -0.39 is 0 Å². The summed E-state index contributed by atoms with van der Waals surface area (Å²) in [7, 11) is 1.61. The van der Waals surface area contributed by atoms with Gasteiger partial charge in [0.1, 0.15) is 5.75 Å². The summed E-state index contributed by atoms with van der Waals surface area (Å²) in [6, 6.07) is 7.09. The minimum Gasteiger partial charge on any atom is -0.497 e. The molecule has 1 heterocycles. The number of hydrogen-bond acceptors (Lipinski definition) is 4. The third-order valence-corrected chi connectivity index (χ3v) is 5.24. The van der Waals surface area contributed by atoms with Crippen LogP contribution in [0.4, 0.5) is 0 Å². The van der Waals surface area contributed by atoms with Crippen LogP contribution in [-0.2, 0) is 0 Å². The Balaban J connectivity index is 0.00000450. The third-order valence-electron chi connectivity index (χ3n) is 5.24. The summed E-state index contributed by atoms with van der Waals surface area (Å²) in [5, 5.41) is 9.52. The molecule has 2 rings (SSSR count). The highest BCUT2D eigenvalue weighted by Crippen LogP contribution is 2.20. The van der Waals surface area contributed by atoms with Crippen molar-refractivity contribution in [2.75, 3.05) is 46.4 Å². The molecule has 0 aromatic heterocycles. The summed E-state index contributed by atoms with van der Waals surface area (Å²) in [5.74, 6) is 1.43. The zero-order valence-corrected chi connectivity index (χ0v) is 21.1. The molecule has 170 valence electrons. The van der Waals surface area contributed by atoms with Crippen LogP contribution >= 0.6 is 24.0 Å². The molecule has 1 saturated heterocycles. The first kappa shape index (κ1) is 26.5. The Hall–Kier alpha value is -1.55. The van der Waals surface area contributed by atoms with Crippen molar-refractivity contribution in [1.29, 1.82) is 0 Å². The molecule has 1 aromatic rings. The molecule has 1 amide bonds. The number of benzene rings is 1. The van der Waals surface area contributed by atoms with Crippen LogP contribution in [0, 0.1) is 0 Å². The predicted molar refractivity (Wildman–Crippen MR) is 134 cm³/mol. The van der Waals surface area contributed by atoms with Crippen molar-refractivity contribution in [3.8, 4) is 5.75 Å². The van der Waals surface area contributed by atoms with Crippen LogP contribution in [0.25, 0.3) is 0 Å². The fourth-order valence-electron chi connectivity index (χ4n) is 3.41. The van der Waals surface area contributed by atoms with E-state index in [4.69, 9.17) is 9.73 Å². The molecule has 1 aliphatic heterocycles. The fraction of sp³-hybridized carbons (Fsp3) is 0.636. The first-order valence-electron chi connectivity index (χ1n) is 10.7. The van der Waals surface area contributed by atoms with Gasteiger partial charge < -0.3 is 20.7 Å². The third kappa shape index (κ3) is 8.67. The zero-order valence-electron chi connectivity index (χ0n) is 18.8. The lowest BCUT2D eigenvalue weighted by Gasteiger charge is -2.40. The van der Waals surface area contributed by atoms with Gasteiger partial charge in [-0.3, -0.25) is 14.7 Å². The molecule has 0 saturated carbocycles. The van der Waals surface area contributed by atoms with Crippen LogP contribution < -0.4 is 20.7 Å². The second kappa shape index (κ2) is 13.7.